The fourth-order valence-electron chi connectivity index (χ4n) is 3.44. The highest BCUT2D eigenvalue weighted by Crippen LogP contribution is 2.38. The molecule has 0 spiro atoms. The van der Waals surface area contributed by atoms with Crippen molar-refractivity contribution in [2.45, 2.75) is 71.9 Å². The van der Waals surface area contributed by atoms with Crippen molar-refractivity contribution in [2.24, 2.45) is 11.8 Å². The predicted molar refractivity (Wildman–Crippen MR) is 99.3 cm³/mol. The van der Waals surface area contributed by atoms with Crippen LogP contribution in [0.2, 0.25) is 0 Å². The molecule has 10 nitrogen and oxygen atoms in total. The molecule has 1 rings (SSSR count). The molecular weight excluding hydrogens is 388 g/mol. The molecule has 0 saturated heterocycles. The van der Waals surface area contributed by atoms with Gasteiger partial charge in [-0.25, -0.2) is 14.4 Å². The van der Waals surface area contributed by atoms with Crippen LogP contribution in [-0.2, 0) is 28.4 Å². The van der Waals surface area contributed by atoms with E-state index in [0.29, 0.717) is 12.8 Å². The van der Waals surface area contributed by atoms with Gasteiger partial charge in [0.05, 0.1) is 25.9 Å². The van der Waals surface area contributed by atoms with Gasteiger partial charge in [-0.05, 0) is 27.2 Å². The molecule has 6 unspecified atom stereocenters. The van der Waals surface area contributed by atoms with Crippen LogP contribution in [0.4, 0.5) is 14.4 Å². The Hall–Kier alpha value is -2.23. The van der Waals surface area contributed by atoms with Crippen molar-refractivity contribution in [1.29, 1.82) is 0 Å². The molecule has 1 aliphatic rings. The number of ether oxygens (including phenoxy) is 6. The van der Waals surface area contributed by atoms with Crippen molar-refractivity contribution in [3.8, 4) is 0 Å². The summed E-state index contributed by atoms with van der Waals surface area (Å²) in [6.07, 6.45) is -6.03. The normalized spacial score (nSPS) is 28.8. The van der Waals surface area contributed by atoms with Crippen LogP contribution in [0.1, 0.15) is 47.5 Å². The van der Waals surface area contributed by atoms with E-state index >= 15 is 0 Å². The van der Waals surface area contributed by atoms with Crippen LogP contribution >= 0.6 is 0 Å². The van der Waals surface area contributed by atoms with Crippen LogP contribution in [0.25, 0.3) is 0 Å². The molecule has 0 aromatic rings. The molecule has 1 N–H and O–H groups in total. The summed E-state index contributed by atoms with van der Waals surface area (Å²) in [4.78, 5) is 35.8. The third-order valence-electron chi connectivity index (χ3n) is 4.66. The first-order chi connectivity index (χ1) is 13.8. The maximum Gasteiger partial charge on any atom is 0.508 e. The summed E-state index contributed by atoms with van der Waals surface area (Å²) in [5.74, 6) is -1.38. The summed E-state index contributed by atoms with van der Waals surface area (Å²) in [5.41, 5.74) is 0. The van der Waals surface area contributed by atoms with E-state index in [1.54, 1.807) is 27.7 Å². The number of carbonyl (C=O) groups excluding carboxylic acids is 3. The van der Waals surface area contributed by atoms with E-state index in [-0.39, 0.29) is 19.8 Å². The average Bonchev–Trinajstić information content (AvgIpc) is 2.66. The van der Waals surface area contributed by atoms with Gasteiger partial charge in [0.2, 0.25) is 0 Å². The lowest BCUT2D eigenvalue weighted by Crippen LogP contribution is -2.60. The van der Waals surface area contributed by atoms with Gasteiger partial charge in [0.15, 0.2) is 0 Å². The number of rotatable bonds is 8. The lowest BCUT2D eigenvalue weighted by molar-refractivity contribution is -0.191. The first kappa shape index (κ1) is 24.8. The minimum Gasteiger partial charge on any atom is -0.435 e. The van der Waals surface area contributed by atoms with Crippen LogP contribution in [0.3, 0.4) is 0 Å². The maximum absolute atomic E-state index is 12.0. The molecule has 1 fully saturated rings. The molecule has 0 aromatic carbocycles. The molecule has 10 heteroatoms. The molecule has 1 saturated carbocycles. The van der Waals surface area contributed by atoms with Gasteiger partial charge in [0, 0.05) is 11.8 Å². The highest BCUT2D eigenvalue weighted by molar-refractivity contribution is 5.62. The number of hydrogen-bond donors (Lipinski definition) is 1. The second-order valence-corrected chi connectivity index (χ2v) is 6.60. The van der Waals surface area contributed by atoms with Crippen LogP contribution in [0.5, 0.6) is 0 Å². The molecule has 0 radical (unpaired) electrons. The average molecular weight is 420 g/mol. The fourth-order valence-corrected chi connectivity index (χ4v) is 3.44. The van der Waals surface area contributed by atoms with E-state index < -0.39 is 54.7 Å². The van der Waals surface area contributed by atoms with Gasteiger partial charge in [-0.15, -0.1) is 0 Å². The Morgan fingerprint density at radius 1 is 0.724 bits per heavy atom. The molecular formula is C19H32O10. The van der Waals surface area contributed by atoms with Gasteiger partial charge in [0.25, 0.3) is 0 Å². The van der Waals surface area contributed by atoms with Crippen LogP contribution in [0, 0.1) is 11.8 Å². The Labute approximate surface area is 170 Å². The highest BCUT2D eigenvalue weighted by Gasteiger charge is 2.54. The zero-order valence-electron chi connectivity index (χ0n) is 17.6. The summed E-state index contributed by atoms with van der Waals surface area (Å²) in [7, 11) is 0. The monoisotopic (exact) mass is 420 g/mol. The molecule has 0 aromatic heterocycles. The molecule has 0 bridgehead atoms. The van der Waals surface area contributed by atoms with E-state index in [1.807, 2.05) is 6.92 Å². The molecule has 29 heavy (non-hydrogen) atoms. The molecule has 6 atom stereocenters. The second-order valence-electron chi connectivity index (χ2n) is 6.60. The van der Waals surface area contributed by atoms with Crippen LogP contribution in [0.15, 0.2) is 0 Å². The quantitative estimate of drug-likeness (QED) is 0.462. The van der Waals surface area contributed by atoms with Crippen molar-refractivity contribution in [2.75, 3.05) is 19.8 Å². The van der Waals surface area contributed by atoms with Gasteiger partial charge in [0.1, 0.15) is 18.3 Å². The summed E-state index contributed by atoms with van der Waals surface area (Å²) >= 11 is 0. The van der Waals surface area contributed by atoms with Crippen LogP contribution in [-0.4, -0.2) is 67.8 Å². The third-order valence-corrected chi connectivity index (χ3v) is 4.66. The fraction of sp³-hybridized carbons (Fsp3) is 0.842. The smallest absolute Gasteiger partial charge is 0.435 e. The number of hydrogen-bond acceptors (Lipinski definition) is 10. The number of carbonyl (C=O) groups is 3. The van der Waals surface area contributed by atoms with Crippen molar-refractivity contribution < 1.29 is 47.9 Å². The van der Waals surface area contributed by atoms with Crippen molar-refractivity contribution in [3.05, 3.63) is 0 Å². The van der Waals surface area contributed by atoms with Gasteiger partial charge >= 0.3 is 18.5 Å². The molecule has 0 aliphatic heterocycles. The molecule has 168 valence electrons. The van der Waals surface area contributed by atoms with Gasteiger partial charge in [-0.1, -0.05) is 20.3 Å². The Bertz CT molecular complexity index is 537. The third kappa shape index (κ3) is 6.95. The first-order valence-electron chi connectivity index (χ1n) is 9.98. The molecule has 0 heterocycles. The lowest BCUT2D eigenvalue weighted by Gasteiger charge is -2.46. The van der Waals surface area contributed by atoms with E-state index in [4.69, 9.17) is 28.4 Å². The Kier molecular flexibility index (Phi) is 10.6. The van der Waals surface area contributed by atoms with Crippen molar-refractivity contribution >= 4 is 18.5 Å². The van der Waals surface area contributed by atoms with Crippen LogP contribution < -0.4 is 0 Å². The largest absolute Gasteiger partial charge is 0.508 e. The predicted octanol–water partition coefficient (Wildman–Crippen LogP) is 3.04. The van der Waals surface area contributed by atoms with Gasteiger partial charge in [-0.3, -0.25) is 0 Å². The summed E-state index contributed by atoms with van der Waals surface area (Å²) in [5, 5.41) is 10.9. The van der Waals surface area contributed by atoms with Gasteiger partial charge < -0.3 is 33.5 Å². The lowest BCUT2D eigenvalue weighted by atomic mass is 9.72. The first-order valence-corrected chi connectivity index (χ1v) is 9.98. The zero-order valence-corrected chi connectivity index (χ0v) is 17.6. The van der Waals surface area contributed by atoms with Gasteiger partial charge in [-0.2, -0.15) is 0 Å². The minimum atomic E-state index is -1.17. The SMILES string of the molecule is CCCC1C(O)C(OC(=O)OCC)C(C)C(OC(=O)OCC)C1OC(=O)OCC. The topological polar surface area (TPSA) is 127 Å². The standard InChI is InChI=1S/C19H32O10/c1-6-10-12-13(20)14(27-17(21)24-7-2)11(5)15(28-18(22)25-8-3)16(12)29-19(23)26-9-4/h11-16,20H,6-10H2,1-5H3. The number of aliphatic hydroxyl groups is 1. The Morgan fingerprint density at radius 3 is 1.55 bits per heavy atom. The van der Waals surface area contributed by atoms with E-state index in [9.17, 15) is 19.5 Å². The Morgan fingerprint density at radius 2 is 1.14 bits per heavy atom. The number of aliphatic hydroxyl groups excluding tert-OH is 1. The maximum atomic E-state index is 12.0. The summed E-state index contributed by atoms with van der Waals surface area (Å²) < 4.78 is 30.6. The van der Waals surface area contributed by atoms with Crippen molar-refractivity contribution in [3.63, 3.8) is 0 Å². The Balaban J connectivity index is 3.20. The minimum absolute atomic E-state index is 0.0904. The molecule has 0 amide bonds. The molecule has 1 aliphatic carbocycles. The van der Waals surface area contributed by atoms with E-state index in [1.165, 1.54) is 0 Å². The summed E-state index contributed by atoms with van der Waals surface area (Å²) in [6, 6.07) is 0. The van der Waals surface area contributed by atoms with Crippen molar-refractivity contribution in [1.82, 2.24) is 0 Å². The zero-order chi connectivity index (χ0) is 22.0. The highest BCUT2D eigenvalue weighted by atomic mass is 16.8. The second kappa shape index (κ2) is 12.4. The van der Waals surface area contributed by atoms with E-state index in [0.717, 1.165) is 0 Å². The van der Waals surface area contributed by atoms with E-state index in [2.05, 4.69) is 0 Å². The summed E-state index contributed by atoms with van der Waals surface area (Å²) in [6.45, 7) is 8.65.